The summed E-state index contributed by atoms with van der Waals surface area (Å²) in [6, 6.07) is 11.4. The highest BCUT2D eigenvalue weighted by atomic mass is 79.9. The van der Waals surface area contributed by atoms with E-state index in [1.54, 1.807) is 23.9 Å². The Hall–Kier alpha value is -1.50. The van der Waals surface area contributed by atoms with Crippen LogP contribution in [0.3, 0.4) is 0 Å². The van der Waals surface area contributed by atoms with Crippen LogP contribution in [0, 0.1) is 0 Å². The highest BCUT2D eigenvalue weighted by Gasteiger charge is 2.15. The minimum Gasteiger partial charge on any atom is -0.384 e. The summed E-state index contributed by atoms with van der Waals surface area (Å²) in [6.45, 7) is 0. The van der Waals surface area contributed by atoms with Crippen LogP contribution in [0.15, 0.2) is 50.6 Å². The Bertz CT molecular complexity index is 839. The van der Waals surface area contributed by atoms with E-state index >= 15 is 0 Å². The number of aromatic amines is 2. The van der Waals surface area contributed by atoms with Gasteiger partial charge in [-0.3, -0.25) is 0 Å². The lowest BCUT2D eigenvalue weighted by atomic mass is 10.0. The van der Waals surface area contributed by atoms with Gasteiger partial charge >= 0.3 is 5.69 Å². The van der Waals surface area contributed by atoms with E-state index in [1.807, 2.05) is 30.5 Å². The first-order valence-electron chi connectivity index (χ1n) is 6.32. The summed E-state index contributed by atoms with van der Waals surface area (Å²) in [4.78, 5) is 17.9. The van der Waals surface area contributed by atoms with Gasteiger partial charge in [-0.15, -0.1) is 11.8 Å². The summed E-state index contributed by atoms with van der Waals surface area (Å²) >= 11 is 5.11. The van der Waals surface area contributed by atoms with E-state index in [-0.39, 0.29) is 5.69 Å². The molecule has 3 aromatic rings. The Morgan fingerprint density at radius 2 is 1.76 bits per heavy atom. The third-order valence-electron chi connectivity index (χ3n) is 3.36. The van der Waals surface area contributed by atoms with Crippen LogP contribution in [-0.4, -0.2) is 21.3 Å². The van der Waals surface area contributed by atoms with Crippen molar-refractivity contribution in [1.29, 1.82) is 0 Å². The number of benzene rings is 2. The molecule has 108 valence electrons. The molecule has 0 saturated carbocycles. The second-order valence-corrected chi connectivity index (χ2v) is 6.41. The molecule has 0 radical (unpaired) electrons. The van der Waals surface area contributed by atoms with Gasteiger partial charge in [-0.2, -0.15) is 0 Å². The largest absolute Gasteiger partial charge is 0.384 e. The summed E-state index contributed by atoms with van der Waals surface area (Å²) in [5.74, 6) is 0. The predicted octanol–water partition coefficient (Wildman–Crippen LogP) is 3.42. The number of rotatable bonds is 3. The van der Waals surface area contributed by atoms with Gasteiger partial charge in [0.15, 0.2) is 0 Å². The lowest BCUT2D eigenvalue weighted by molar-refractivity contribution is 0.219. The Morgan fingerprint density at radius 3 is 2.38 bits per heavy atom. The van der Waals surface area contributed by atoms with E-state index in [0.717, 1.165) is 20.5 Å². The third kappa shape index (κ3) is 2.79. The number of halogens is 1. The molecule has 0 aliphatic rings. The van der Waals surface area contributed by atoms with E-state index in [9.17, 15) is 9.90 Å². The van der Waals surface area contributed by atoms with Crippen molar-refractivity contribution in [2.45, 2.75) is 11.0 Å². The van der Waals surface area contributed by atoms with Crippen LogP contribution in [0.25, 0.3) is 11.0 Å². The summed E-state index contributed by atoms with van der Waals surface area (Å²) in [7, 11) is 0. The second kappa shape index (κ2) is 5.71. The fourth-order valence-electron chi connectivity index (χ4n) is 2.25. The normalized spacial score (nSPS) is 12.7. The SMILES string of the molecule is CSc1ccc(C(O)c2cc3[nH]c(=O)[nH]c3cc2Br)cc1. The molecule has 0 amide bonds. The van der Waals surface area contributed by atoms with Gasteiger partial charge in [0, 0.05) is 14.9 Å². The van der Waals surface area contributed by atoms with E-state index in [0.29, 0.717) is 11.0 Å². The molecule has 0 spiro atoms. The molecular weight excluding hydrogens is 352 g/mol. The molecule has 3 N–H and O–H groups in total. The quantitative estimate of drug-likeness (QED) is 0.623. The van der Waals surface area contributed by atoms with Crippen molar-refractivity contribution in [2.24, 2.45) is 0 Å². The molecule has 0 bridgehead atoms. The molecule has 0 fully saturated rings. The molecule has 3 rings (SSSR count). The number of nitrogens with one attached hydrogen (secondary N) is 2. The van der Waals surface area contributed by atoms with Crippen molar-refractivity contribution in [3.05, 3.63) is 62.5 Å². The third-order valence-corrected chi connectivity index (χ3v) is 4.79. The maximum atomic E-state index is 11.3. The molecule has 4 nitrogen and oxygen atoms in total. The number of hydrogen-bond donors (Lipinski definition) is 3. The highest BCUT2D eigenvalue weighted by Crippen LogP contribution is 2.31. The fourth-order valence-corrected chi connectivity index (χ4v) is 3.22. The smallest absolute Gasteiger partial charge is 0.323 e. The number of aliphatic hydroxyl groups excluding tert-OH is 1. The number of aromatic nitrogens is 2. The van der Waals surface area contributed by atoms with Crippen molar-refractivity contribution < 1.29 is 5.11 Å². The summed E-state index contributed by atoms with van der Waals surface area (Å²) in [6.07, 6.45) is 1.26. The molecule has 0 aliphatic carbocycles. The monoisotopic (exact) mass is 364 g/mol. The van der Waals surface area contributed by atoms with Crippen molar-refractivity contribution >= 4 is 38.7 Å². The van der Waals surface area contributed by atoms with Gasteiger partial charge < -0.3 is 15.1 Å². The van der Waals surface area contributed by atoms with Crippen molar-refractivity contribution in [3.63, 3.8) is 0 Å². The summed E-state index contributed by atoms with van der Waals surface area (Å²) in [5, 5.41) is 10.6. The zero-order valence-corrected chi connectivity index (χ0v) is 13.6. The molecule has 0 aliphatic heterocycles. The second-order valence-electron chi connectivity index (χ2n) is 4.67. The molecule has 21 heavy (non-hydrogen) atoms. The van der Waals surface area contributed by atoms with Gasteiger partial charge in [-0.1, -0.05) is 28.1 Å². The zero-order valence-electron chi connectivity index (χ0n) is 11.2. The van der Waals surface area contributed by atoms with Crippen LogP contribution in [0.5, 0.6) is 0 Å². The number of aliphatic hydroxyl groups is 1. The maximum absolute atomic E-state index is 11.3. The van der Waals surface area contributed by atoms with Crippen LogP contribution in [-0.2, 0) is 0 Å². The van der Waals surface area contributed by atoms with Crippen molar-refractivity contribution in [2.75, 3.05) is 6.26 Å². The number of thioether (sulfide) groups is 1. The number of imidazole rings is 1. The first kappa shape index (κ1) is 14.4. The zero-order chi connectivity index (χ0) is 15.0. The first-order valence-corrected chi connectivity index (χ1v) is 8.33. The summed E-state index contributed by atoms with van der Waals surface area (Å²) < 4.78 is 0.756. The lowest BCUT2D eigenvalue weighted by Gasteiger charge is -2.14. The van der Waals surface area contributed by atoms with Crippen LogP contribution in [0.2, 0.25) is 0 Å². The lowest BCUT2D eigenvalue weighted by Crippen LogP contribution is -2.01. The minimum absolute atomic E-state index is 0.257. The Kier molecular flexibility index (Phi) is 3.93. The highest BCUT2D eigenvalue weighted by molar-refractivity contribution is 9.10. The molecule has 1 aromatic heterocycles. The Morgan fingerprint density at radius 1 is 1.14 bits per heavy atom. The molecule has 1 unspecified atom stereocenters. The van der Waals surface area contributed by atoms with Gasteiger partial charge in [-0.25, -0.2) is 4.79 Å². The van der Waals surface area contributed by atoms with Crippen molar-refractivity contribution in [1.82, 2.24) is 9.97 Å². The number of H-pyrrole nitrogens is 2. The van der Waals surface area contributed by atoms with Crippen molar-refractivity contribution in [3.8, 4) is 0 Å². The van der Waals surface area contributed by atoms with Gasteiger partial charge in [-0.05, 0) is 36.1 Å². The average Bonchev–Trinajstić information content (AvgIpc) is 2.85. The van der Waals surface area contributed by atoms with Crippen LogP contribution >= 0.6 is 27.7 Å². The van der Waals surface area contributed by atoms with Gasteiger partial charge in [0.1, 0.15) is 6.10 Å². The molecule has 6 heteroatoms. The van der Waals surface area contributed by atoms with E-state index in [2.05, 4.69) is 25.9 Å². The predicted molar refractivity (Wildman–Crippen MR) is 88.9 cm³/mol. The average molecular weight is 365 g/mol. The Labute approximate surface area is 133 Å². The summed E-state index contributed by atoms with van der Waals surface area (Å²) in [5.41, 5.74) is 2.66. The first-order chi connectivity index (χ1) is 10.1. The molecule has 1 heterocycles. The fraction of sp³-hybridized carbons (Fsp3) is 0.133. The van der Waals surface area contributed by atoms with Gasteiger partial charge in [0.25, 0.3) is 0 Å². The van der Waals surface area contributed by atoms with E-state index in [4.69, 9.17) is 0 Å². The molecule has 1 atom stereocenters. The standard InChI is InChI=1S/C15H13BrN2O2S/c1-21-9-4-2-8(3-5-9)14(19)10-6-12-13(7-11(10)16)18-15(20)17-12/h2-7,14,19H,1H3,(H2,17,18,20). The van der Waals surface area contributed by atoms with Crippen LogP contribution in [0.1, 0.15) is 17.2 Å². The van der Waals surface area contributed by atoms with Gasteiger partial charge in [0.05, 0.1) is 11.0 Å². The van der Waals surface area contributed by atoms with E-state index in [1.165, 1.54) is 0 Å². The maximum Gasteiger partial charge on any atom is 0.323 e. The number of hydrogen-bond acceptors (Lipinski definition) is 3. The molecule has 0 saturated heterocycles. The number of fused-ring (bicyclic) bond motifs is 1. The Balaban J connectivity index is 2.04. The molecular formula is C15H13BrN2O2S. The van der Waals surface area contributed by atoms with Crippen LogP contribution < -0.4 is 5.69 Å². The van der Waals surface area contributed by atoms with Crippen LogP contribution in [0.4, 0.5) is 0 Å². The molecule has 2 aromatic carbocycles. The van der Waals surface area contributed by atoms with E-state index < -0.39 is 6.10 Å². The van der Waals surface area contributed by atoms with Gasteiger partial charge in [0.2, 0.25) is 0 Å². The topological polar surface area (TPSA) is 68.9 Å². The minimum atomic E-state index is -0.752.